The molecule has 0 atom stereocenters. The third-order valence-electron chi connectivity index (χ3n) is 0. The first-order valence-corrected chi connectivity index (χ1v) is 4.43. The van der Waals surface area contributed by atoms with Gasteiger partial charge in [0.2, 0.25) is 0 Å². The Morgan fingerprint density at radius 3 is 1.43 bits per heavy atom. The smallest absolute Gasteiger partial charge is 0.124 e. The monoisotopic (exact) mass is 296 g/mol. The average molecular weight is 299 g/mol. The largest absolute Gasteiger partial charge is 0.397 e. The van der Waals surface area contributed by atoms with Gasteiger partial charge in [-0.1, -0.05) is 47.8 Å². The summed E-state index contributed by atoms with van der Waals surface area (Å²) in [5.74, 6) is 0. The first-order valence-electron chi connectivity index (χ1n) is 1.68. The van der Waals surface area contributed by atoms with Crippen LogP contribution in [0.1, 0.15) is 6.92 Å². The van der Waals surface area contributed by atoms with Crippen LogP contribution in [0.5, 0.6) is 0 Å². The molecule has 0 heterocycles. The standard InChI is InChI=1S/C2H6O.CHBr3/c1-2-3;2-1(3)4/h3H,2H2,1H3;1H. The van der Waals surface area contributed by atoms with Gasteiger partial charge in [-0.15, -0.1) is 0 Å². The van der Waals surface area contributed by atoms with E-state index in [1.807, 2.05) is 0 Å². The number of hydrogen-bond acceptors (Lipinski definition) is 1. The zero-order valence-corrected chi connectivity index (χ0v) is 8.62. The maximum absolute atomic E-state index is 7.57. The van der Waals surface area contributed by atoms with Crippen molar-refractivity contribution < 1.29 is 5.11 Å². The van der Waals surface area contributed by atoms with E-state index < -0.39 is 0 Å². The fourth-order valence-electron chi connectivity index (χ4n) is 0. The van der Waals surface area contributed by atoms with Gasteiger partial charge in [0.1, 0.15) is 2.65 Å². The molecule has 0 saturated carbocycles. The van der Waals surface area contributed by atoms with E-state index >= 15 is 0 Å². The van der Waals surface area contributed by atoms with Crippen LogP contribution in [0.25, 0.3) is 0 Å². The summed E-state index contributed by atoms with van der Waals surface area (Å²) < 4.78 is 0.271. The highest BCUT2D eigenvalue weighted by Gasteiger charge is 1.77. The number of alkyl halides is 3. The fraction of sp³-hybridized carbons (Fsp3) is 1.00. The molecular formula is C3H7Br3O. The Labute approximate surface area is 68.9 Å². The van der Waals surface area contributed by atoms with Crippen molar-refractivity contribution in [2.24, 2.45) is 0 Å². The van der Waals surface area contributed by atoms with E-state index in [0.717, 1.165) is 0 Å². The minimum absolute atomic E-state index is 0.250. The highest BCUT2D eigenvalue weighted by molar-refractivity contribution is 9.38. The molecule has 0 unspecified atom stereocenters. The summed E-state index contributed by atoms with van der Waals surface area (Å²) in [5, 5.41) is 7.57. The Bertz CT molecular complexity index is 21.4. The highest BCUT2D eigenvalue weighted by atomic mass is 80.0. The van der Waals surface area contributed by atoms with Crippen molar-refractivity contribution in [2.45, 2.75) is 9.57 Å². The SMILES string of the molecule is BrC(Br)Br.CCO. The first kappa shape index (κ1) is 11.2. The molecule has 0 saturated heterocycles. The average Bonchev–Trinajstić information content (AvgIpc) is 1.33. The Morgan fingerprint density at radius 1 is 1.43 bits per heavy atom. The van der Waals surface area contributed by atoms with Crippen LogP contribution in [0.4, 0.5) is 0 Å². The molecule has 0 amide bonds. The van der Waals surface area contributed by atoms with Crippen LogP contribution in [-0.2, 0) is 0 Å². The molecule has 0 aromatic rings. The maximum Gasteiger partial charge on any atom is 0.124 e. The van der Waals surface area contributed by atoms with E-state index in [0.29, 0.717) is 0 Å². The predicted molar refractivity (Wildman–Crippen MR) is 43.3 cm³/mol. The number of aliphatic hydroxyl groups is 1. The molecule has 0 aliphatic rings. The Morgan fingerprint density at radius 2 is 1.43 bits per heavy atom. The molecule has 7 heavy (non-hydrogen) atoms. The van der Waals surface area contributed by atoms with Crippen LogP contribution in [0, 0.1) is 0 Å². The summed E-state index contributed by atoms with van der Waals surface area (Å²) in [7, 11) is 0. The van der Waals surface area contributed by atoms with Gasteiger partial charge in [-0.05, 0) is 6.92 Å². The zero-order valence-electron chi connectivity index (χ0n) is 3.87. The molecule has 0 rings (SSSR count). The third kappa shape index (κ3) is 110. The molecule has 0 radical (unpaired) electrons. The quantitative estimate of drug-likeness (QED) is 0.681. The van der Waals surface area contributed by atoms with Crippen LogP contribution >= 0.6 is 47.8 Å². The van der Waals surface area contributed by atoms with Gasteiger partial charge in [0, 0.05) is 6.61 Å². The molecule has 0 aliphatic carbocycles. The predicted octanol–water partition coefficient (Wildman–Crippen LogP) is 2.45. The lowest BCUT2D eigenvalue weighted by Gasteiger charge is -1.70. The number of rotatable bonds is 0. The lowest BCUT2D eigenvalue weighted by atomic mass is 10.9. The fourth-order valence-corrected chi connectivity index (χ4v) is 0. The van der Waals surface area contributed by atoms with Gasteiger partial charge in [-0.25, -0.2) is 0 Å². The van der Waals surface area contributed by atoms with E-state index in [2.05, 4.69) is 47.8 Å². The molecule has 1 N–H and O–H groups in total. The van der Waals surface area contributed by atoms with Gasteiger partial charge in [-0.3, -0.25) is 0 Å². The molecule has 4 heteroatoms. The molecule has 1 nitrogen and oxygen atoms in total. The summed E-state index contributed by atoms with van der Waals surface area (Å²) in [6.45, 7) is 1.93. The molecule has 0 aliphatic heterocycles. The maximum atomic E-state index is 7.57. The van der Waals surface area contributed by atoms with Gasteiger partial charge in [0.05, 0.1) is 0 Å². The molecule has 0 spiro atoms. The van der Waals surface area contributed by atoms with Crippen molar-refractivity contribution in [3.63, 3.8) is 0 Å². The molecule has 46 valence electrons. The van der Waals surface area contributed by atoms with Gasteiger partial charge in [-0.2, -0.15) is 0 Å². The summed E-state index contributed by atoms with van der Waals surface area (Å²) in [6.07, 6.45) is 0. The summed E-state index contributed by atoms with van der Waals surface area (Å²) >= 11 is 9.31. The second kappa shape index (κ2) is 10.4. The Balaban J connectivity index is 0. The highest BCUT2D eigenvalue weighted by Crippen LogP contribution is 2.13. The van der Waals surface area contributed by atoms with Crippen LogP contribution in [0.3, 0.4) is 0 Å². The van der Waals surface area contributed by atoms with Crippen molar-refractivity contribution in [3.8, 4) is 0 Å². The third-order valence-corrected chi connectivity index (χ3v) is 0. The molecular weight excluding hydrogens is 292 g/mol. The number of aliphatic hydroxyl groups excluding tert-OH is 1. The molecule has 0 aromatic carbocycles. The second-order valence-corrected chi connectivity index (χ2v) is 7.00. The van der Waals surface area contributed by atoms with Crippen LogP contribution in [-0.4, -0.2) is 14.4 Å². The second-order valence-electron chi connectivity index (χ2n) is 0.564. The van der Waals surface area contributed by atoms with Crippen molar-refractivity contribution in [3.05, 3.63) is 0 Å². The number of hydrogen-bond donors (Lipinski definition) is 1. The van der Waals surface area contributed by atoms with Gasteiger partial charge >= 0.3 is 0 Å². The summed E-state index contributed by atoms with van der Waals surface area (Å²) in [4.78, 5) is 0. The Hall–Kier alpha value is 1.40. The normalized spacial score (nSPS) is 7.71. The minimum atomic E-state index is 0.250. The van der Waals surface area contributed by atoms with Crippen molar-refractivity contribution >= 4 is 47.8 Å². The van der Waals surface area contributed by atoms with Crippen molar-refractivity contribution in [1.82, 2.24) is 0 Å². The van der Waals surface area contributed by atoms with Crippen molar-refractivity contribution in [1.29, 1.82) is 0 Å². The lowest BCUT2D eigenvalue weighted by molar-refractivity contribution is 0.318. The summed E-state index contributed by atoms with van der Waals surface area (Å²) in [6, 6.07) is 0. The lowest BCUT2D eigenvalue weighted by Crippen LogP contribution is -1.57. The van der Waals surface area contributed by atoms with Crippen LogP contribution < -0.4 is 0 Å². The molecule has 0 bridgehead atoms. The van der Waals surface area contributed by atoms with E-state index in [-0.39, 0.29) is 9.25 Å². The Kier molecular flexibility index (Phi) is 16.7. The van der Waals surface area contributed by atoms with Gasteiger partial charge in [0.15, 0.2) is 0 Å². The zero-order chi connectivity index (χ0) is 6.28. The van der Waals surface area contributed by atoms with Crippen LogP contribution in [0.15, 0.2) is 0 Å². The van der Waals surface area contributed by atoms with E-state index in [1.165, 1.54) is 0 Å². The van der Waals surface area contributed by atoms with E-state index in [1.54, 1.807) is 6.92 Å². The van der Waals surface area contributed by atoms with Crippen LogP contribution in [0.2, 0.25) is 0 Å². The van der Waals surface area contributed by atoms with E-state index in [9.17, 15) is 0 Å². The van der Waals surface area contributed by atoms with Gasteiger partial charge in [0.25, 0.3) is 0 Å². The minimum Gasteiger partial charge on any atom is -0.397 e. The van der Waals surface area contributed by atoms with E-state index in [4.69, 9.17) is 5.11 Å². The summed E-state index contributed by atoms with van der Waals surface area (Å²) in [5.41, 5.74) is 0. The molecule has 0 fully saturated rings. The first-order chi connectivity index (χ1) is 3.15. The number of halogens is 3. The van der Waals surface area contributed by atoms with Gasteiger partial charge < -0.3 is 5.11 Å². The molecule has 0 aromatic heterocycles. The van der Waals surface area contributed by atoms with Crippen molar-refractivity contribution in [2.75, 3.05) is 6.61 Å². The topological polar surface area (TPSA) is 20.2 Å².